The molecule has 2 heterocycles. The summed E-state index contributed by atoms with van der Waals surface area (Å²) in [5.41, 5.74) is 2.74. The summed E-state index contributed by atoms with van der Waals surface area (Å²) in [5.74, 6) is 1.82. The molecule has 1 saturated carbocycles. The molecule has 0 bridgehead atoms. The number of fused-ring (bicyclic) bond motifs is 1. The molecule has 15 heavy (non-hydrogen) atoms. The van der Waals surface area contributed by atoms with E-state index >= 15 is 0 Å². The second kappa shape index (κ2) is 3.63. The van der Waals surface area contributed by atoms with Gasteiger partial charge in [0.25, 0.3) is 0 Å². The third kappa shape index (κ3) is 1.81. The summed E-state index contributed by atoms with van der Waals surface area (Å²) in [6.07, 6.45) is 6.07. The average Bonchev–Trinajstić information content (AvgIpc) is 3.03. The highest BCUT2D eigenvalue weighted by Crippen LogP contribution is 2.37. The summed E-state index contributed by atoms with van der Waals surface area (Å²) >= 11 is 0. The number of hydrogen-bond donors (Lipinski definition) is 1. The standard InChI is InChI=1S/C12H19N3/c1-9(10-2-3-10)7-15-8-14-11-6-13-5-4-12(11)15/h8-10,13H,2-7H2,1H3. The molecule has 0 amide bonds. The molecule has 0 radical (unpaired) electrons. The second-order valence-electron chi connectivity index (χ2n) is 5.03. The van der Waals surface area contributed by atoms with Crippen molar-refractivity contribution < 1.29 is 0 Å². The van der Waals surface area contributed by atoms with Crippen LogP contribution in [0, 0.1) is 11.8 Å². The number of nitrogens with zero attached hydrogens (tertiary/aromatic N) is 2. The van der Waals surface area contributed by atoms with Crippen LogP contribution in [0.4, 0.5) is 0 Å². The van der Waals surface area contributed by atoms with Crippen LogP contribution in [0.25, 0.3) is 0 Å². The molecule has 1 aromatic rings. The first-order valence-corrected chi connectivity index (χ1v) is 6.08. The molecule has 0 spiro atoms. The number of nitrogens with one attached hydrogen (secondary N) is 1. The summed E-state index contributed by atoms with van der Waals surface area (Å²) in [6.45, 7) is 5.62. The fourth-order valence-corrected chi connectivity index (χ4v) is 2.58. The van der Waals surface area contributed by atoms with Crippen molar-refractivity contribution in [3.8, 4) is 0 Å². The van der Waals surface area contributed by atoms with Gasteiger partial charge in [-0.15, -0.1) is 0 Å². The minimum absolute atomic E-state index is 0.832. The van der Waals surface area contributed by atoms with Crippen LogP contribution in [0.5, 0.6) is 0 Å². The van der Waals surface area contributed by atoms with E-state index in [-0.39, 0.29) is 0 Å². The van der Waals surface area contributed by atoms with E-state index in [0.29, 0.717) is 0 Å². The summed E-state index contributed by atoms with van der Waals surface area (Å²) in [7, 11) is 0. The Morgan fingerprint density at radius 3 is 3.27 bits per heavy atom. The third-order valence-corrected chi connectivity index (χ3v) is 3.78. The molecule has 2 aliphatic rings. The van der Waals surface area contributed by atoms with Gasteiger partial charge in [0.2, 0.25) is 0 Å². The van der Waals surface area contributed by atoms with Crippen LogP contribution in [0.1, 0.15) is 31.2 Å². The van der Waals surface area contributed by atoms with Crippen molar-refractivity contribution in [1.29, 1.82) is 0 Å². The minimum atomic E-state index is 0.832. The van der Waals surface area contributed by atoms with E-state index in [1.54, 1.807) is 0 Å². The van der Waals surface area contributed by atoms with Gasteiger partial charge in [0.1, 0.15) is 0 Å². The van der Waals surface area contributed by atoms with E-state index in [2.05, 4.69) is 21.8 Å². The summed E-state index contributed by atoms with van der Waals surface area (Å²) in [5, 5.41) is 3.37. The van der Waals surface area contributed by atoms with E-state index in [4.69, 9.17) is 0 Å². The van der Waals surface area contributed by atoms with Gasteiger partial charge in [-0.3, -0.25) is 0 Å². The van der Waals surface area contributed by atoms with Gasteiger partial charge in [-0.05, 0) is 24.7 Å². The van der Waals surface area contributed by atoms with E-state index in [1.807, 2.05) is 6.33 Å². The molecule has 1 unspecified atom stereocenters. The van der Waals surface area contributed by atoms with Crippen molar-refractivity contribution >= 4 is 0 Å². The maximum absolute atomic E-state index is 4.49. The van der Waals surface area contributed by atoms with Crippen LogP contribution in [-0.4, -0.2) is 16.1 Å². The topological polar surface area (TPSA) is 29.9 Å². The molecule has 1 aliphatic heterocycles. The summed E-state index contributed by atoms with van der Waals surface area (Å²) in [4.78, 5) is 4.49. The van der Waals surface area contributed by atoms with Crippen LogP contribution < -0.4 is 5.32 Å². The molecule has 1 N–H and O–H groups in total. The highest BCUT2D eigenvalue weighted by atomic mass is 15.1. The fourth-order valence-electron chi connectivity index (χ4n) is 2.58. The van der Waals surface area contributed by atoms with Crippen LogP contribution in [0.3, 0.4) is 0 Å². The van der Waals surface area contributed by atoms with Gasteiger partial charge in [0.05, 0.1) is 12.0 Å². The predicted octanol–water partition coefficient (Wildman–Crippen LogP) is 1.57. The Balaban J connectivity index is 1.76. The van der Waals surface area contributed by atoms with E-state index < -0.39 is 0 Å². The van der Waals surface area contributed by atoms with E-state index in [1.165, 1.54) is 30.8 Å². The first-order valence-electron chi connectivity index (χ1n) is 6.08. The average molecular weight is 205 g/mol. The van der Waals surface area contributed by atoms with Gasteiger partial charge in [-0.2, -0.15) is 0 Å². The smallest absolute Gasteiger partial charge is 0.0952 e. The molecular formula is C12H19N3. The number of rotatable bonds is 3. The van der Waals surface area contributed by atoms with Crippen LogP contribution in [0.15, 0.2) is 6.33 Å². The first-order chi connectivity index (χ1) is 7.34. The zero-order valence-corrected chi connectivity index (χ0v) is 9.37. The van der Waals surface area contributed by atoms with Gasteiger partial charge in [0.15, 0.2) is 0 Å². The zero-order chi connectivity index (χ0) is 10.3. The Hall–Kier alpha value is -0.830. The molecule has 82 valence electrons. The molecule has 3 nitrogen and oxygen atoms in total. The third-order valence-electron chi connectivity index (χ3n) is 3.78. The molecule has 1 aromatic heterocycles. The molecule has 3 heteroatoms. The lowest BCUT2D eigenvalue weighted by atomic mass is 10.1. The predicted molar refractivity (Wildman–Crippen MR) is 59.5 cm³/mol. The highest BCUT2D eigenvalue weighted by Gasteiger charge is 2.28. The number of imidazole rings is 1. The molecule has 3 rings (SSSR count). The van der Waals surface area contributed by atoms with Crippen LogP contribution in [-0.2, 0) is 19.5 Å². The fraction of sp³-hybridized carbons (Fsp3) is 0.750. The van der Waals surface area contributed by atoms with E-state index in [0.717, 1.165) is 31.3 Å². The lowest BCUT2D eigenvalue weighted by molar-refractivity contribution is 0.419. The zero-order valence-electron chi connectivity index (χ0n) is 9.37. The molecule has 1 fully saturated rings. The van der Waals surface area contributed by atoms with Crippen molar-refractivity contribution in [3.63, 3.8) is 0 Å². The molecule has 1 atom stereocenters. The maximum atomic E-state index is 4.49. The van der Waals surface area contributed by atoms with Gasteiger partial charge in [0, 0.05) is 31.7 Å². The van der Waals surface area contributed by atoms with Crippen molar-refractivity contribution in [2.75, 3.05) is 6.54 Å². The van der Waals surface area contributed by atoms with Gasteiger partial charge >= 0.3 is 0 Å². The van der Waals surface area contributed by atoms with Gasteiger partial charge in [-0.1, -0.05) is 6.92 Å². The Morgan fingerprint density at radius 1 is 1.60 bits per heavy atom. The normalized spacial score (nSPS) is 22.5. The Labute approximate surface area is 90.9 Å². The number of aromatic nitrogens is 2. The lowest BCUT2D eigenvalue weighted by Gasteiger charge is -2.17. The first kappa shape index (κ1) is 9.40. The number of hydrogen-bond acceptors (Lipinski definition) is 2. The SMILES string of the molecule is CC(Cn1cnc2c1CCNC2)C1CC1. The monoisotopic (exact) mass is 205 g/mol. The Kier molecular flexibility index (Phi) is 2.28. The largest absolute Gasteiger partial charge is 0.334 e. The van der Waals surface area contributed by atoms with Crippen molar-refractivity contribution in [2.24, 2.45) is 11.8 Å². The van der Waals surface area contributed by atoms with Gasteiger partial charge in [-0.25, -0.2) is 4.98 Å². The lowest BCUT2D eigenvalue weighted by Crippen LogP contribution is -2.25. The van der Waals surface area contributed by atoms with Crippen LogP contribution >= 0.6 is 0 Å². The molecule has 0 saturated heterocycles. The highest BCUT2D eigenvalue weighted by molar-refractivity contribution is 5.16. The Morgan fingerprint density at radius 2 is 2.47 bits per heavy atom. The molecule has 1 aliphatic carbocycles. The molecular weight excluding hydrogens is 186 g/mol. The van der Waals surface area contributed by atoms with Crippen molar-refractivity contribution in [1.82, 2.24) is 14.9 Å². The van der Waals surface area contributed by atoms with Crippen molar-refractivity contribution in [2.45, 2.75) is 39.3 Å². The van der Waals surface area contributed by atoms with Crippen molar-refractivity contribution in [3.05, 3.63) is 17.7 Å². The summed E-state index contributed by atoms with van der Waals surface area (Å²) in [6, 6.07) is 0. The molecule has 0 aromatic carbocycles. The minimum Gasteiger partial charge on any atom is -0.334 e. The Bertz CT molecular complexity index is 352. The quantitative estimate of drug-likeness (QED) is 0.812. The second-order valence-corrected chi connectivity index (χ2v) is 5.03. The van der Waals surface area contributed by atoms with Gasteiger partial charge < -0.3 is 9.88 Å². The van der Waals surface area contributed by atoms with Crippen LogP contribution in [0.2, 0.25) is 0 Å². The summed E-state index contributed by atoms with van der Waals surface area (Å²) < 4.78 is 2.39. The van der Waals surface area contributed by atoms with E-state index in [9.17, 15) is 0 Å². The maximum Gasteiger partial charge on any atom is 0.0952 e.